The molecule has 1 fully saturated rings. The molecule has 2 amide bonds. The molecule has 2 aliphatic rings. The van der Waals surface area contributed by atoms with Gasteiger partial charge in [-0.1, -0.05) is 12.8 Å². The van der Waals surface area contributed by atoms with Crippen molar-refractivity contribution >= 4 is 11.8 Å². The highest BCUT2D eigenvalue weighted by molar-refractivity contribution is 5.97. The highest BCUT2D eigenvalue weighted by atomic mass is 16.2. The van der Waals surface area contributed by atoms with Gasteiger partial charge in [0.15, 0.2) is 5.82 Å². The number of likely N-dealkylation sites (N-methyl/N-ethyl adjacent to an activating group) is 1. The van der Waals surface area contributed by atoms with Crippen molar-refractivity contribution in [1.82, 2.24) is 25.1 Å². The molecular weight excluding hydrogens is 318 g/mol. The van der Waals surface area contributed by atoms with E-state index in [1.807, 2.05) is 23.6 Å². The minimum atomic E-state index is -0.174. The first-order valence-electron chi connectivity index (χ1n) is 9.39. The van der Waals surface area contributed by atoms with Crippen molar-refractivity contribution < 1.29 is 9.59 Å². The lowest BCUT2D eigenvalue weighted by molar-refractivity contribution is 0.0921. The molecule has 2 heterocycles. The molecule has 1 aromatic heterocycles. The number of carbonyl (C=O) groups is 2. The molecule has 0 spiro atoms. The summed E-state index contributed by atoms with van der Waals surface area (Å²) in [5.41, 5.74) is 1.33. The number of aromatic nitrogens is 2. The fraction of sp³-hybridized carbons (Fsp3) is 0.722. The van der Waals surface area contributed by atoms with Crippen LogP contribution in [0.3, 0.4) is 0 Å². The molecule has 1 saturated carbocycles. The summed E-state index contributed by atoms with van der Waals surface area (Å²) in [5, 5.41) is 6.01. The zero-order valence-electron chi connectivity index (χ0n) is 15.3. The van der Waals surface area contributed by atoms with E-state index in [2.05, 4.69) is 15.6 Å². The summed E-state index contributed by atoms with van der Waals surface area (Å²) in [5.74, 6) is 0.0918. The minimum absolute atomic E-state index is 0.137. The zero-order chi connectivity index (χ0) is 17.8. The first kappa shape index (κ1) is 17.9. The number of carbonyl (C=O) groups excluding carboxylic acids is 2. The third kappa shape index (κ3) is 4.21. The van der Waals surface area contributed by atoms with Crippen molar-refractivity contribution in [3.63, 3.8) is 0 Å². The molecule has 0 aromatic carbocycles. The maximum absolute atomic E-state index is 12.7. The maximum Gasteiger partial charge on any atom is 0.287 e. The molecule has 138 valence electrons. The average molecular weight is 347 g/mol. The number of nitrogens with one attached hydrogen (secondary N) is 2. The molecule has 1 aliphatic carbocycles. The molecule has 0 atom stereocenters. The van der Waals surface area contributed by atoms with Gasteiger partial charge < -0.3 is 20.1 Å². The van der Waals surface area contributed by atoms with Crippen LogP contribution in [0.15, 0.2) is 0 Å². The van der Waals surface area contributed by atoms with Crippen molar-refractivity contribution in [3.05, 3.63) is 17.2 Å². The molecule has 3 rings (SSSR count). The Morgan fingerprint density at radius 3 is 2.64 bits per heavy atom. The molecule has 2 N–H and O–H groups in total. The number of hydrogen-bond acceptors (Lipinski definition) is 4. The Hall–Kier alpha value is -1.89. The fourth-order valence-corrected chi connectivity index (χ4v) is 3.70. The van der Waals surface area contributed by atoms with Crippen LogP contribution in [0, 0.1) is 0 Å². The third-order valence-corrected chi connectivity index (χ3v) is 5.07. The first-order valence-corrected chi connectivity index (χ1v) is 9.39. The Morgan fingerprint density at radius 1 is 1.16 bits per heavy atom. The quantitative estimate of drug-likeness (QED) is 0.810. The zero-order valence-corrected chi connectivity index (χ0v) is 15.3. The Morgan fingerprint density at radius 2 is 1.92 bits per heavy atom. The van der Waals surface area contributed by atoms with Gasteiger partial charge in [-0.05, 0) is 46.2 Å². The van der Waals surface area contributed by atoms with E-state index in [-0.39, 0.29) is 17.9 Å². The number of imidazole rings is 1. The van der Waals surface area contributed by atoms with Crippen LogP contribution in [0.2, 0.25) is 0 Å². The Bertz CT molecular complexity index is 632. The Labute approximate surface area is 149 Å². The third-order valence-electron chi connectivity index (χ3n) is 5.07. The lowest BCUT2D eigenvalue weighted by Crippen LogP contribution is -2.35. The van der Waals surface area contributed by atoms with E-state index in [0.717, 1.165) is 50.9 Å². The van der Waals surface area contributed by atoms with Crippen molar-refractivity contribution in [1.29, 1.82) is 0 Å². The summed E-state index contributed by atoms with van der Waals surface area (Å²) in [7, 11) is 3.94. The smallest absolute Gasteiger partial charge is 0.287 e. The highest BCUT2D eigenvalue weighted by Gasteiger charge is 2.28. The SMILES string of the molecule is CN(C)CCNC(=O)c1nc(C(=O)NC2CCCC2)n2c1CCCC2. The van der Waals surface area contributed by atoms with Gasteiger partial charge in [0.25, 0.3) is 11.8 Å². The van der Waals surface area contributed by atoms with Crippen LogP contribution in [0.25, 0.3) is 0 Å². The minimum Gasteiger partial charge on any atom is -0.349 e. The number of nitrogens with zero attached hydrogens (tertiary/aromatic N) is 3. The van der Waals surface area contributed by atoms with E-state index in [1.165, 1.54) is 12.8 Å². The average Bonchev–Trinajstić information content (AvgIpc) is 3.21. The number of fused-ring (bicyclic) bond motifs is 1. The van der Waals surface area contributed by atoms with Gasteiger partial charge in [-0.3, -0.25) is 9.59 Å². The van der Waals surface area contributed by atoms with Gasteiger partial charge in [0, 0.05) is 25.7 Å². The van der Waals surface area contributed by atoms with Crippen LogP contribution >= 0.6 is 0 Å². The predicted octanol–water partition coefficient (Wildman–Crippen LogP) is 1.18. The van der Waals surface area contributed by atoms with Crippen LogP contribution in [-0.4, -0.2) is 59.5 Å². The summed E-state index contributed by atoms with van der Waals surface area (Å²) in [4.78, 5) is 31.7. The molecule has 25 heavy (non-hydrogen) atoms. The maximum atomic E-state index is 12.7. The van der Waals surface area contributed by atoms with E-state index in [1.54, 1.807) is 0 Å². The van der Waals surface area contributed by atoms with Crippen molar-refractivity contribution in [2.45, 2.75) is 57.5 Å². The summed E-state index contributed by atoms with van der Waals surface area (Å²) in [6, 6.07) is 0.251. The summed E-state index contributed by atoms with van der Waals surface area (Å²) < 4.78 is 1.95. The molecule has 1 aromatic rings. The second-order valence-corrected chi connectivity index (χ2v) is 7.35. The van der Waals surface area contributed by atoms with E-state index in [9.17, 15) is 9.59 Å². The second kappa shape index (κ2) is 7.99. The second-order valence-electron chi connectivity index (χ2n) is 7.35. The summed E-state index contributed by atoms with van der Waals surface area (Å²) in [6.07, 6.45) is 7.28. The van der Waals surface area contributed by atoms with Gasteiger partial charge in [0.05, 0.1) is 5.69 Å². The van der Waals surface area contributed by atoms with E-state index < -0.39 is 0 Å². The largest absolute Gasteiger partial charge is 0.349 e. The van der Waals surface area contributed by atoms with Gasteiger partial charge in [0.1, 0.15) is 5.69 Å². The Kier molecular flexibility index (Phi) is 5.73. The lowest BCUT2D eigenvalue weighted by Gasteiger charge is -2.18. The van der Waals surface area contributed by atoms with Crippen LogP contribution < -0.4 is 10.6 Å². The fourth-order valence-electron chi connectivity index (χ4n) is 3.70. The van der Waals surface area contributed by atoms with E-state index in [0.29, 0.717) is 18.1 Å². The monoisotopic (exact) mass is 347 g/mol. The molecule has 0 radical (unpaired) electrons. The highest BCUT2D eigenvalue weighted by Crippen LogP contribution is 2.22. The standard InChI is InChI=1S/C18H29N5O2/c1-22(2)12-10-19-17(24)15-14-9-5-6-11-23(14)16(21-15)18(25)20-13-7-3-4-8-13/h13H,3-12H2,1-2H3,(H,19,24)(H,20,25). The van der Waals surface area contributed by atoms with Crippen LogP contribution in [0.5, 0.6) is 0 Å². The molecule has 0 bridgehead atoms. The van der Waals surface area contributed by atoms with Crippen LogP contribution in [0.1, 0.15) is 65.3 Å². The molecule has 0 saturated heterocycles. The molecule has 0 unspecified atom stereocenters. The van der Waals surface area contributed by atoms with E-state index in [4.69, 9.17) is 0 Å². The first-order chi connectivity index (χ1) is 12.1. The van der Waals surface area contributed by atoms with Crippen molar-refractivity contribution in [2.24, 2.45) is 0 Å². The summed E-state index contributed by atoms with van der Waals surface area (Å²) in [6.45, 7) is 2.11. The normalized spacial score (nSPS) is 17.6. The van der Waals surface area contributed by atoms with E-state index >= 15 is 0 Å². The topological polar surface area (TPSA) is 79.3 Å². The molecule has 7 nitrogen and oxygen atoms in total. The number of hydrogen-bond donors (Lipinski definition) is 2. The van der Waals surface area contributed by atoms with Crippen LogP contribution in [0.4, 0.5) is 0 Å². The lowest BCUT2D eigenvalue weighted by atomic mass is 10.1. The van der Waals surface area contributed by atoms with Gasteiger partial charge in [-0.2, -0.15) is 0 Å². The number of rotatable bonds is 6. The van der Waals surface area contributed by atoms with Crippen LogP contribution in [-0.2, 0) is 13.0 Å². The predicted molar refractivity (Wildman–Crippen MR) is 95.8 cm³/mol. The van der Waals surface area contributed by atoms with Gasteiger partial charge in [-0.15, -0.1) is 0 Å². The molecule has 7 heteroatoms. The van der Waals surface area contributed by atoms with Gasteiger partial charge in [-0.25, -0.2) is 4.98 Å². The van der Waals surface area contributed by atoms with Crippen molar-refractivity contribution in [3.8, 4) is 0 Å². The van der Waals surface area contributed by atoms with Gasteiger partial charge in [0.2, 0.25) is 0 Å². The molecular formula is C18H29N5O2. The molecule has 1 aliphatic heterocycles. The number of amides is 2. The van der Waals surface area contributed by atoms with Gasteiger partial charge >= 0.3 is 0 Å². The Balaban J connectivity index is 1.76. The van der Waals surface area contributed by atoms with Crippen molar-refractivity contribution in [2.75, 3.05) is 27.2 Å². The summed E-state index contributed by atoms with van der Waals surface area (Å²) >= 11 is 0.